The lowest BCUT2D eigenvalue weighted by Crippen LogP contribution is -2.45. The van der Waals surface area contributed by atoms with Gasteiger partial charge in [0, 0.05) is 56.3 Å². The van der Waals surface area contributed by atoms with Crippen LogP contribution in [0.25, 0.3) is 5.69 Å². The van der Waals surface area contributed by atoms with Gasteiger partial charge in [0.2, 0.25) is 5.91 Å². The van der Waals surface area contributed by atoms with Crippen molar-refractivity contribution < 1.29 is 4.79 Å². The number of carbonyl (C=O) groups is 1. The molecule has 30 heavy (non-hydrogen) atoms. The van der Waals surface area contributed by atoms with Gasteiger partial charge in [-0.05, 0) is 64.9 Å². The minimum atomic E-state index is 0.279. The van der Waals surface area contributed by atoms with E-state index >= 15 is 0 Å². The zero-order valence-electron chi connectivity index (χ0n) is 18.5. The average molecular weight is 411 g/mol. The van der Waals surface area contributed by atoms with Crippen LogP contribution >= 0.6 is 0 Å². The number of likely N-dealkylation sites (tertiary alicyclic amines) is 1. The SMILES string of the molecule is Cc1cc(-n2cc3c(n2)CCN(CC(=O)N2CCC(CCN(C)C)CC2)C3)ccn1. The Labute approximate surface area is 179 Å². The number of aromatic nitrogens is 3. The molecule has 4 heterocycles. The number of aryl methyl sites for hydroxylation is 1. The average Bonchev–Trinajstić information content (AvgIpc) is 3.16. The number of pyridine rings is 1. The van der Waals surface area contributed by atoms with E-state index < -0.39 is 0 Å². The highest BCUT2D eigenvalue weighted by Gasteiger charge is 2.26. The van der Waals surface area contributed by atoms with E-state index in [-0.39, 0.29) is 5.91 Å². The number of hydrogen-bond acceptors (Lipinski definition) is 5. The van der Waals surface area contributed by atoms with Crippen molar-refractivity contribution in [3.63, 3.8) is 0 Å². The Hall–Kier alpha value is -2.25. The van der Waals surface area contributed by atoms with Crippen molar-refractivity contribution in [3.8, 4) is 5.69 Å². The Balaban J connectivity index is 1.30. The maximum absolute atomic E-state index is 12.9. The van der Waals surface area contributed by atoms with Gasteiger partial charge >= 0.3 is 0 Å². The first-order valence-electron chi connectivity index (χ1n) is 11.1. The molecule has 0 bridgehead atoms. The van der Waals surface area contributed by atoms with Gasteiger partial charge in [-0.2, -0.15) is 5.10 Å². The Morgan fingerprint density at radius 3 is 2.77 bits per heavy atom. The zero-order chi connectivity index (χ0) is 21.1. The highest BCUT2D eigenvalue weighted by Crippen LogP contribution is 2.23. The lowest BCUT2D eigenvalue weighted by molar-refractivity contribution is -0.134. The van der Waals surface area contributed by atoms with Crippen LogP contribution in [0.5, 0.6) is 0 Å². The number of nitrogens with zero attached hydrogens (tertiary/aromatic N) is 6. The summed E-state index contributed by atoms with van der Waals surface area (Å²) in [5.74, 6) is 1.04. The molecule has 0 atom stereocenters. The normalized spacial score (nSPS) is 18.1. The summed E-state index contributed by atoms with van der Waals surface area (Å²) in [5.41, 5.74) is 4.40. The van der Waals surface area contributed by atoms with Gasteiger partial charge < -0.3 is 9.80 Å². The summed E-state index contributed by atoms with van der Waals surface area (Å²) in [7, 11) is 4.26. The lowest BCUT2D eigenvalue weighted by Gasteiger charge is -2.34. The van der Waals surface area contributed by atoms with E-state index in [4.69, 9.17) is 5.10 Å². The van der Waals surface area contributed by atoms with Gasteiger partial charge in [-0.15, -0.1) is 0 Å². The smallest absolute Gasteiger partial charge is 0.236 e. The molecule has 7 nitrogen and oxygen atoms in total. The Morgan fingerprint density at radius 2 is 2.03 bits per heavy atom. The summed E-state index contributed by atoms with van der Waals surface area (Å²) < 4.78 is 1.95. The van der Waals surface area contributed by atoms with E-state index in [2.05, 4.69) is 40.0 Å². The van der Waals surface area contributed by atoms with Gasteiger partial charge in [-0.1, -0.05) is 0 Å². The molecule has 0 unspecified atom stereocenters. The maximum atomic E-state index is 12.9. The standard InChI is InChI=1S/C23H34N6O/c1-18-14-21(4-9-24-18)29-16-20-15-27(11-8-22(20)25-29)17-23(30)28-12-6-19(7-13-28)5-10-26(2)3/h4,9,14,16,19H,5-8,10-13,15,17H2,1-3H3. The fourth-order valence-electron chi connectivity index (χ4n) is 4.52. The van der Waals surface area contributed by atoms with Gasteiger partial charge in [0.05, 0.1) is 17.9 Å². The van der Waals surface area contributed by atoms with Crippen LogP contribution < -0.4 is 0 Å². The third-order valence-corrected chi connectivity index (χ3v) is 6.39. The van der Waals surface area contributed by atoms with Crippen LogP contribution in [0.1, 0.15) is 36.2 Å². The van der Waals surface area contributed by atoms with E-state index in [9.17, 15) is 4.79 Å². The van der Waals surface area contributed by atoms with E-state index in [0.717, 1.165) is 75.0 Å². The minimum absolute atomic E-state index is 0.279. The summed E-state index contributed by atoms with van der Waals surface area (Å²) in [4.78, 5) is 23.7. The number of rotatable bonds is 6. The predicted octanol–water partition coefficient (Wildman–Crippen LogP) is 2.12. The third kappa shape index (κ3) is 5.08. The van der Waals surface area contributed by atoms with E-state index in [1.165, 1.54) is 12.0 Å². The molecule has 2 aromatic rings. The quantitative estimate of drug-likeness (QED) is 0.730. The molecule has 162 valence electrons. The summed E-state index contributed by atoms with van der Waals surface area (Å²) in [6.07, 6.45) is 8.35. The molecule has 1 saturated heterocycles. The molecule has 4 rings (SSSR count). The number of fused-ring (bicyclic) bond motifs is 1. The van der Waals surface area contributed by atoms with Crippen molar-refractivity contribution in [1.82, 2.24) is 29.5 Å². The first-order valence-corrected chi connectivity index (χ1v) is 11.1. The summed E-state index contributed by atoms with van der Waals surface area (Å²) in [6.45, 7) is 7.16. The molecule has 1 amide bonds. The molecule has 0 saturated carbocycles. The Kier molecular flexibility index (Phi) is 6.49. The van der Waals surface area contributed by atoms with Crippen molar-refractivity contribution in [2.75, 3.05) is 46.8 Å². The molecule has 0 aromatic carbocycles. The number of amides is 1. The number of piperidine rings is 1. The highest BCUT2D eigenvalue weighted by atomic mass is 16.2. The van der Waals surface area contributed by atoms with Gasteiger partial charge in [0.25, 0.3) is 0 Å². The van der Waals surface area contributed by atoms with Gasteiger partial charge in [-0.25, -0.2) is 4.68 Å². The highest BCUT2D eigenvalue weighted by molar-refractivity contribution is 5.78. The van der Waals surface area contributed by atoms with Crippen LogP contribution in [0.4, 0.5) is 0 Å². The van der Waals surface area contributed by atoms with E-state index in [1.54, 1.807) is 0 Å². The van der Waals surface area contributed by atoms with E-state index in [0.29, 0.717) is 6.54 Å². The molecular weight excluding hydrogens is 376 g/mol. The van der Waals surface area contributed by atoms with Crippen molar-refractivity contribution in [2.24, 2.45) is 5.92 Å². The molecular formula is C23H34N6O. The molecule has 0 radical (unpaired) electrons. The number of carbonyl (C=O) groups excluding carboxylic acids is 1. The second kappa shape index (κ2) is 9.27. The van der Waals surface area contributed by atoms with Crippen molar-refractivity contribution in [3.05, 3.63) is 41.5 Å². The molecule has 7 heteroatoms. The van der Waals surface area contributed by atoms with Crippen LogP contribution in [0.15, 0.2) is 24.5 Å². The van der Waals surface area contributed by atoms with Crippen LogP contribution in [0.3, 0.4) is 0 Å². The van der Waals surface area contributed by atoms with Crippen molar-refractivity contribution in [2.45, 2.75) is 39.2 Å². The zero-order valence-corrected chi connectivity index (χ0v) is 18.5. The maximum Gasteiger partial charge on any atom is 0.236 e. The van der Waals surface area contributed by atoms with E-state index in [1.807, 2.05) is 29.9 Å². The van der Waals surface area contributed by atoms with Crippen LogP contribution in [0.2, 0.25) is 0 Å². The predicted molar refractivity (Wildman–Crippen MR) is 118 cm³/mol. The largest absolute Gasteiger partial charge is 0.342 e. The van der Waals surface area contributed by atoms with Gasteiger partial charge in [0.1, 0.15) is 0 Å². The first kappa shape index (κ1) is 21.0. The summed E-state index contributed by atoms with van der Waals surface area (Å²) in [6, 6.07) is 4.02. The minimum Gasteiger partial charge on any atom is -0.342 e. The monoisotopic (exact) mass is 410 g/mol. The molecule has 0 aliphatic carbocycles. The van der Waals surface area contributed by atoms with Crippen LogP contribution in [0, 0.1) is 12.8 Å². The molecule has 2 aromatic heterocycles. The topological polar surface area (TPSA) is 57.5 Å². The molecule has 1 fully saturated rings. The molecule has 2 aliphatic heterocycles. The summed E-state index contributed by atoms with van der Waals surface area (Å²) >= 11 is 0. The fraction of sp³-hybridized carbons (Fsp3) is 0.609. The second-order valence-corrected chi connectivity index (χ2v) is 9.08. The first-order chi connectivity index (χ1) is 14.5. The van der Waals surface area contributed by atoms with Gasteiger partial charge in [-0.3, -0.25) is 14.7 Å². The lowest BCUT2D eigenvalue weighted by atomic mass is 9.93. The Bertz CT molecular complexity index is 868. The number of hydrogen-bond donors (Lipinski definition) is 0. The molecule has 0 N–H and O–H groups in total. The molecule has 2 aliphatic rings. The van der Waals surface area contributed by atoms with Gasteiger partial charge in [0.15, 0.2) is 0 Å². The van der Waals surface area contributed by atoms with Crippen molar-refractivity contribution in [1.29, 1.82) is 0 Å². The van der Waals surface area contributed by atoms with Crippen LogP contribution in [-0.4, -0.2) is 82.2 Å². The fourth-order valence-corrected chi connectivity index (χ4v) is 4.52. The van der Waals surface area contributed by atoms with Crippen LogP contribution in [-0.2, 0) is 17.8 Å². The van der Waals surface area contributed by atoms with Crippen molar-refractivity contribution >= 4 is 5.91 Å². The Morgan fingerprint density at radius 1 is 1.23 bits per heavy atom. The second-order valence-electron chi connectivity index (χ2n) is 9.08. The summed E-state index contributed by atoms with van der Waals surface area (Å²) in [5, 5.41) is 4.77. The third-order valence-electron chi connectivity index (χ3n) is 6.39. The molecule has 0 spiro atoms.